The fourth-order valence-electron chi connectivity index (χ4n) is 3.57. The molecule has 1 N–H and O–H groups in total. The lowest BCUT2D eigenvalue weighted by Gasteiger charge is -2.20. The molecule has 0 fully saturated rings. The van der Waals surface area contributed by atoms with E-state index in [0.29, 0.717) is 41.5 Å². The molecule has 0 saturated carbocycles. The van der Waals surface area contributed by atoms with Gasteiger partial charge >= 0.3 is 0 Å². The zero-order valence-corrected chi connectivity index (χ0v) is 19.6. The van der Waals surface area contributed by atoms with E-state index in [4.69, 9.17) is 14.0 Å². The third-order valence-corrected chi connectivity index (χ3v) is 5.31. The van der Waals surface area contributed by atoms with Gasteiger partial charge in [-0.15, -0.1) is 0 Å². The van der Waals surface area contributed by atoms with E-state index in [1.807, 2.05) is 6.07 Å². The van der Waals surface area contributed by atoms with Gasteiger partial charge in [0.05, 0.1) is 14.2 Å². The minimum atomic E-state index is -0.0779. The standard InChI is InChI=1S/C25H31N3O4/c1-15(2)18-8-7-9-19(16(3)4)24(18)26-22(29)12-13-23-27-25(28-32-23)17-10-11-20(30-5)21(14-17)31-6/h7-11,14-16H,12-13H2,1-6H3,(H,26,29). The largest absolute Gasteiger partial charge is 0.493 e. The number of para-hydroxylation sites is 1. The fourth-order valence-corrected chi connectivity index (χ4v) is 3.57. The Hall–Kier alpha value is -3.35. The van der Waals surface area contributed by atoms with Crippen LogP contribution in [0, 0.1) is 0 Å². The molecule has 1 aromatic heterocycles. The molecule has 0 bridgehead atoms. The second-order valence-corrected chi connectivity index (χ2v) is 8.25. The molecule has 3 rings (SSSR count). The minimum absolute atomic E-state index is 0.0779. The van der Waals surface area contributed by atoms with Gasteiger partial charge in [0.25, 0.3) is 0 Å². The van der Waals surface area contributed by atoms with Crippen LogP contribution in [0.5, 0.6) is 11.5 Å². The van der Waals surface area contributed by atoms with E-state index in [2.05, 4.69) is 61.4 Å². The van der Waals surface area contributed by atoms with Gasteiger partial charge in [-0.05, 0) is 41.2 Å². The molecule has 32 heavy (non-hydrogen) atoms. The van der Waals surface area contributed by atoms with Gasteiger partial charge in [0.1, 0.15) is 0 Å². The van der Waals surface area contributed by atoms with Crippen molar-refractivity contribution in [2.24, 2.45) is 0 Å². The maximum Gasteiger partial charge on any atom is 0.227 e. The van der Waals surface area contributed by atoms with Gasteiger partial charge in [0.2, 0.25) is 17.6 Å². The van der Waals surface area contributed by atoms with Crippen molar-refractivity contribution < 1.29 is 18.8 Å². The predicted octanol–water partition coefficient (Wildman–Crippen LogP) is 5.57. The van der Waals surface area contributed by atoms with Crippen molar-refractivity contribution >= 4 is 11.6 Å². The summed E-state index contributed by atoms with van der Waals surface area (Å²) in [7, 11) is 3.16. The summed E-state index contributed by atoms with van der Waals surface area (Å²) in [6.07, 6.45) is 0.602. The highest BCUT2D eigenvalue weighted by atomic mass is 16.5. The fraction of sp³-hybridized carbons (Fsp3) is 0.400. The third-order valence-electron chi connectivity index (χ3n) is 5.31. The van der Waals surface area contributed by atoms with E-state index in [1.165, 1.54) is 0 Å². The van der Waals surface area contributed by atoms with Gasteiger partial charge in [0, 0.05) is 24.1 Å². The van der Waals surface area contributed by atoms with Crippen molar-refractivity contribution in [2.75, 3.05) is 19.5 Å². The zero-order chi connectivity index (χ0) is 23.3. The zero-order valence-electron chi connectivity index (χ0n) is 19.6. The summed E-state index contributed by atoms with van der Waals surface area (Å²) in [5.74, 6) is 2.60. The molecule has 0 aliphatic carbocycles. The van der Waals surface area contributed by atoms with Crippen molar-refractivity contribution in [3.05, 3.63) is 53.4 Å². The minimum Gasteiger partial charge on any atom is -0.493 e. The molecule has 1 amide bonds. The lowest BCUT2D eigenvalue weighted by molar-refractivity contribution is -0.116. The van der Waals surface area contributed by atoms with Gasteiger partial charge in [-0.2, -0.15) is 4.98 Å². The normalized spacial score (nSPS) is 11.1. The maximum absolute atomic E-state index is 12.7. The van der Waals surface area contributed by atoms with Gasteiger partial charge in [-0.1, -0.05) is 51.1 Å². The van der Waals surface area contributed by atoms with Crippen LogP contribution in [-0.4, -0.2) is 30.3 Å². The number of hydrogen-bond acceptors (Lipinski definition) is 6. The number of amides is 1. The number of aromatic nitrogens is 2. The van der Waals surface area contributed by atoms with Crippen LogP contribution in [0.4, 0.5) is 5.69 Å². The molecule has 0 aliphatic heterocycles. The second-order valence-electron chi connectivity index (χ2n) is 8.25. The molecule has 7 heteroatoms. The Morgan fingerprint density at radius 1 is 1.00 bits per heavy atom. The summed E-state index contributed by atoms with van der Waals surface area (Å²) in [6.45, 7) is 8.51. The Kier molecular flexibility index (Phi) is 7.51. The highest BCUT2D eigenvalue weighted by Gasteiger charge is 2.17. The number of ether oxygens (including phenoxy) is 2. The summed E-state index contributed by atoms with van der Waals surface area (Å²) in [4.78, 5) is 17.2. The number of nitrogens with one attached hydrogen (secondary N) is 1. The van der Waals surface area contributed by atoms with Crippen molar-refractivity contribution in [1.82, 2.24) is 10.1 Å². The second kappa shape index (κ2) is 10.3. The topological polar surface area (TPSA) is 86.5 Å². The first-order chi connectivity index (χ1) is 15.3. The first kappa shape index (κ1) is 23.3. The molecule has 1 heterocycles. The summed E-state index contributed by atoms with van der Waals surface area (Å²) in [5.41, 5.74) is 3.93. The summed E-state index contributed by atoms with van der Waals surface area (Å²) in [5, 5.41) is 7.16. The van der Waals surface area contributed by atoms with E-state index in [-0.39, 0.29) is 12.3 Å². The van der Waals surface area contributed by atoms with Crippen molar-refractivity contribution in [1.29, 1.82) is 0 Å². The number of carbonyl (C=O) groups is 1. The number of benzene rings is 2. The van der Waals surface area contributed by atoms with Gasteiger partial charge < -0.3 is 19.3 Å². The van der Waals surface area contributed by atoms with E-state index in [9.17, 15) is 4.79 Å². The summed E-state index contributed by atoms with van der Waals surface area (Å²) in [6, 6.07) is 11.6. The van der Waals surface area contributed by atoms with Crippen LogP contribution >= 0.6 is 0 Å². The number of carbonyl (C=O) groups excluding carboxylic acids is 1. The molecular weight excluding hydrogens is 406 g/mol. The molecule has 0 radical (unpaired) electrons. The number of rotatable bonds is 9. The van der Waals surface area contributed by atoms with Gasteiger partial charge in [0.15, 0.2) is 11.5 Å². The SMILES string of the molecule is COc1ccc(-c2noc(CCC(=O)Nc3c(C(C)C)cccc3C(C)C)n2)cc1OC. The third kappa shape index (κ3) is 5.28. The van der Waals surface area contributed by atoms with Crippen LogP contribution in [0.2, 0.25) is 0 Å². The Morgan fingerprint density at radius 2 is 1.66 bits per heavy atom. The highest BCUT2D eigenvalue weighted by molar-refractivity contribution is 5.92. The molecule has 0 unspecified atom stereocenters. The lowest BCUT2D eigenvalue weighted by atomic mass is 9.92. The number of anilines is 1. The Morgan fingerprint density at radius 3 is 2.25 bits per heavy atom. The van der Waals surface area contributed by atoms with Crippen molar-refractivity contribution in [2.45, 2.75) is 52.4 Å². The molecule has 3 aromatic rings. The van der Waals surface area contributed by atoms with Crippen LogP contribution in [0.1, 0.15) is 63.0 Å². The van der Waals surface area contributed by atoms with Crippen LogP contribution in [0.25, 0.3) is 11.4 Å². The Labute approximate surface area is 189 Å². The summed E-state index contributed by atoms with van der Waals surface area (Å²) >= 11 is 0. The van der Waals surface area contributed by atoms with E-state index >= 15 is 0 Å². The highest BCUT2D eigenvalue weighted by Crippen LogP contribution is 2.33. The average molecular weight is 438 g/mol. The van der Waals surface area contributed by atoms with Crippen LogP contribution < -0.4 is 14.8 Å². The van der Waals surface area contributed by atoms with E-state index in [0.717, 1.165) is 22.4 Å². The molecule has 2 aromatic carbocycles. The predicted molar refractivity (Wildman–Crippen MR) is 124 cm³/mol. The van der Waals surface area contributed by atoms with Gasteiger partial charge in [-0.25, -0.2) is 0 Å². The molecular formula is C25H31N3O4. The number of nitrogens with zero attached hydrogens (tertiary/aromatic N) is 2. The number of aryl methyl sites for hydroxylation is 1. The monoisotopic (exact) mass is 437 g/mol. The average Bonchev–Trinajstić information content (AvgIpc) is 3.26. The van der Waals surface area contributed by atoms with Crippen LogP contribution in [0.3, 0.4) is 0 Å². The van der Waals surface area contributed by atoms with E-state index < -0.39 is 0 Å². The molecule has 0 spiro atoms. The van der Waals surface area contributed by atoms with Crippen LogP contribution in [-0.2, 0) is 11.2 Å². The first-order valence-corrected chi connectivity index (χ1v) is 10.8. The number of hydrogen-bond donors (Lipinski definition) is 1. The molecule has 7 nitrogen and oxygen atoms in total. The Bertz CT molecular complexity index is 1050. The van der Waals surface area contributed by atoms with Crippen molar-refractivity contribution in [3.63, 3.8) is 0 Å². The maximum atomic E-state index is 12.7. The van der Waals surface area contributed by atoms with Crippen molar-refractivity contribution in [3.8, 4) is 22.9 Å². The number of methoxy groups -OCH3 is 2. The van der Waals surface area contributed by atoms with Gasteiger partial charge in [-0.3, -0.25) is 4.79 Å². The Balaban J connectivity index is 1.69. The smallest absolute Gasteiger partial charge is 0.227 e. The van der Waals surface area contributed by atoms with E-state index in [1.54, 1.807) is 26.4 Å². The molecule has 0 aliphatic rings. The molecule has 0 saturated heterocycles. The first-order valence-electron chi connectivity index (χ1n) is 10.8. The van der Waals surface area contributed by atoms with Crippen LogP contribution in [0.15, 0.2) is 40.9 Å². The quantitative estimate of drug-likeness (QED) is 0.471. The summed E-state index contributed by atoms with van der Waals surface area (Å²) < 4.78 is 15.9. The lowest BCUT2D eigenvalue weighted by Crippen LogP contribution is -2.16. The molecule has 0 atom stereocenters. The molecule has 170 valence electrons.